The van der Waals surface area contributed by atoms with Crippen molar-refractivity contribution in [3.05, 3.63) is 140 Å². The number of Topliss-reactive ketones (excluding diaryl/α,β-unsaturated/α-hetero) is 1. The van der Waals surface area contributed by atoms with E-state index in [0.29, 0.717) is 43.6 Å². The van der Waals surface area contributed by atoms with Gasteiger partial charge < -0.3 is 9.84 Å². The summed E-state index contributed by atoms with van der Waals surface area (Å²) >= 11 is 14.9. The number of benzene rings is 4. The van der Waals surface area contributed by atoms with Crippen LogP contribution in [0.25, 0.3) is 5.76 Å². The van der Waals surface area contributed by atoms with Gasteiger partial charge in [-0.1, -0.05) is 106 Å². The molecule has 232 valence electrons. The van der Waals surface area contributed by atoms with Crippen LogP contribution >= 0.6 is 46.3 Å². The fourth-order valence-corrected chi connectivity index (χ4v) is 7.45. The average molecular weight is 689 g/mol. The van der Waals surface area contributed by atoms with Gasteiger partial charge in [-0.05, 0) is 72.5 Å². The van der Waals surface area contributed by atoms with Crippen molar-refractivity contribution in [1.82, 2.24) is 10.2 Å². The van der Waals surface area contributed by atoms with E-state index in [0.717, 1.165) is 22.3 Å². The van der Waals surface area contributed by atoms with Crippen LogP contribution in [0, 0.1) is 13.8 Å². The van der Waals surface area contributed by atoms with E-state index in [1.54, 1.807) is 36.4 Å². The van der Waals surface area contributed by atoms with E-state index in [1.165, 1.54) is 28.0 Å². The van der Waals surface area contributed by atoms with Crippen LogP contribution in [0.3, 0.4) is 0 Å². The van der Waals surface area contributed by atoms with Gasteiger partial charge in [-0.25, -0.2) is 0 Å². The molecule has 4 aromatic carbocycles. The molecule has 1 aromatic heterocycles. The smallest absolute Gasteiger partial charge is 0.301 e. The maximum absolute atomic E-state index is 13.6. The Hall–Kier alpha value is -4.15. The Kier molecular flexibility index (Phi) is 9.47. The number of halogens is 2. The number of ether oxygens (including phenoxy) is 1. The van der Waals surface area contributed by atoms with Gasteiger partial charge in [-0.15, -0.1) is 10.2 Å². The third-order valence-corrected chi connectivity index (χ3v) is 10.3. The molecule has 7 nitrogen and oxygen atoms in total. The molecule has 11 heteroatoms. The van der Waals surface area contributed by atoms with Gasteiger partial charge in [0.2, 0.25) is 5.13 Å². The third-order valence-electron chi connectivity index (χ3n) is 7.59. The number of ketones is 1. The molecule has 1 unspecified atom stereocenters. The van der Waals surface area contributed by atoms with E-state index in [4.69, 9.17) is 27.9 Å². The molecule has 2 heterocycles. The monoisotopic (exact) mass is 687 g/mol. The number of aromatic nitrogens is 2. The van der Waals surface area contributed by atoms with Crippen molar-refractivity contribution in [2.24, 2.45) is 0 Å². The highest BCUT2D eigenvalue weighted by Crippen LogP contribution is 2.44. The molecule has 0 radical (unpaired) electrons. The van der Waals surface area contributed by atoms with Gasteiger partial charge in [0.25, 0.3) is 5.78 Å². The first kappa shape index (κ1) is 31.8. The zero-order valence-corrected chi connectivity index (χ0v) is 27.9. The van der Waals surface area contributed by atoms with Crippen LogP contribution in [0.4, 0.5) is 5.13 Å². The highest BCUT2D eigenvalue weighted by atomic mass is 35.5. The number of hydrogen-bond acceptors (Lipinski definition) is 8. The lowest BCUT2D eigenvalue weighted by Crippen LogP contribution is -2.29. The first-order valence-corrected chi connectivity index (χ1v) is 16.8. The van der Waals surface area contributed by atoms with Gasteiger partial charge in [0.15, 0.2) is 4.34 Å². The molecule has 0 bridgehead atoms. The Labute approximate surface area is 284 Å². The molecule has 5 aromatic rings. The van der Waals surface area contributed by atoms with Crippen LogP contribution in [0.1, 0.15) is 39.4 Å². The summed E-state index contributed by atoms with van der Waals surface area (Å²) in [6.07, 6.45) is 0. The molecule has 46 heavy (non-hydrogen) atoms. The van der Waals surface area contributed by atoms with Crippen molar-refractivity contribution in [2.45, 2.75) is 36.6 Å². The molecule has 6 rings (SSSR count). The number of nitrogens with zero attached hydrogens (tertiary/aromatic N) is 3. The summed E-state index contributed by atoms with van der Waals surface area (Å²) in [4.78, 5) is 28.5. The Morgan fingerprint density at radius 2 is 1.67 bits per heavy atom. The lowest BCUT2D eigenvalue weighted by molar-refractivity contribution is -0.132. The van der Waals surface area contributed by atoms with Gasteiger partial charge in [-0.2, -0.15) is 0 Å². The minimum absolute atomic E-state index is 0.0280. The number of thioether (sulfide) groups is 1. The summed E-state index contributed by atoms with van der Waals surface area (Å²) < 4.78 is 6.54. The van der Waals surface area contributed by atoms with Crippen molar-refractivity contribution < 1.29 is 19.4 Å². The zero-order chi connectivity index (χ0) is 32.4. The number of rotatable bonds is 9. The molecular weight excluding hydrogens is 661 g/mol. The molecule has 0 aliphatic carbocycles. The summed E-state index contributed by atoms with van der Waals surface area (Å²) in [5.41, 5.74) is 5.09. The summed E-state index contributed by atoms with van der Waals surface area (Å²) in [5.74, 6) is -0.767. The van der Waals surface area contributed by atoms with Crippen LogP contribution in [0.2, 0.25) is 10.0 Å². The molecule has 1 atom stereocenters. The lowest BCUT2D eigenvalue weighted by Gasteiger charge is -2.22. The van der Waals surface area contributed by atoms with Gasteiger partial charge in [0.1, 0.15) is 18.1 Å². The molecule has 0 saturated carbocycles. The Morgan fingerprint density at radius 1 is 0.935 bits per heavy atom. The summed E-state index contributed by atoms with van der Waals surface area (Å²) in [6, 6.07) is 26.6. The highest BCUT2D eigenvalue weighted by Gasteiger charge is 2.48. The van der Waals surface area contributed by atoms with Crippen molar-refractivity contribution in [2.75, 3.05) is 4.90 Å². The minimum atomic E-state index is -0.908. The average Bonchev–Trinajstić information content (AvgIpc) is 3.62. The number of carbonyl (C=O) groups is 2. The molecule has 1 aliphatic rings. The molecule has 1 amide bonds. The normalized spacial score (nSPS) is 15.8. The predicted molar refractivity (Wildman–Crippen MR) is 184 cm³/mol. The maximum Gasteiger partial charge on any atom is 0.301 e. The van der Waals surface area contributed by atoms with E-state index >= 15 is 0 Å². The second-order valence-corrected chi connectivity index (χ2v) is 13.7. The minimum Gasteiger partial charge on any atom is -0.507 e. The van der Waals surface area contributed by atoms with Crippen LogP contribution in [0.5, 0.6) is 5.75 Å². The fourth-order valence-electron chi connectivity index (χ4n) is 5.03. The third kappa shape index (κ3) is 6.69. The van der Waals surface area contributed by atoms with Crippen molar-refractivity contribution in [1.29, 1.82) is 0 Å². The van der Waals surface area contributed by atoms with E-state index in [2.05, 4.69) is 10.2 Å². The molecule has 1 fully saturated rings. The van der Waals surface area contributed by atoms with Gasteiger partial charge in [0, 0.05) is 21.4 Å². The number of hydrogen-bond donors (Lipinski definition) is 1. The highest BCUT2D eigenvalue weighted by molar-refractivity contribution is 8.00. The van der Waals surface area contributed by atoms with E-state index in [1.807, 2.05) is 68.4 Å². The summed E-state index contributed by atoms with van der Waals surface area (Å²) in [5, 5.41) is 21.4. The van der Waals surface area contributed by atoms with Crippen LogP contribution in [-0.4, -0.2) is 27.0 Å². The SMILES string of the molecule is Cc1ccc(C2/C(=C(\O)c3ccc(OCc4ccccc4C)cc3)C(=O)C(=O)N2c2nnc(SCc3ccc(Cl)cc3Cl)s2)cc1. The Bertz CT molecular complexity index is 1960. The van der Waals surface area contributed by atoms with Crippen LogP contribution in [0.15, 0.2) is 101 Å². The Balaban J connectivity index is 1.29. The maximum atomic E-state index is 13.6. The molecule has 1 aliphatic heterocycles. The molecule has 1 N–H and O–H groups in total. The van der Waals surface area contributed by atoms with Crippen molar-refractivity contribution >= 4 is 68.9 Å². The van der Waals surface area contributed by atoms with Gasteiger partial charge in [0.05, 0.1) is 11.6 Å². The zero-order valence-electron chi connectivity index (χ0n) is 24.7. The lowest BCUT2D eigenvalue weighted by atomic mass is 9.95. The first-order valence-electron chi connectivity index (χ1n) is 14.2. The largest absolute Gasteiger partial charge is 0.507 e. The predicted octanol–water partition coefficient (Wildman–Crippen LogP) is 8.96. The summed E-state index contributed by atoms with van der Waals surface area (Å²) in [6.45, 7) is 4.37. The summed E-state index contributed by atoms with van der Waals surface area (Å²) in [7, 11) is 0. The van der Waals surface area contributed by atoms with Gasteiger partial charge >= 0.3 is 5.91 Å². The van der Waals surface area contributed by atoms with E-state index < -0.39 is 17.7 Å². The molecule has 1 saturated heterocycles. The number of aliphatic hydroxyl groups excluding tert-OH is 1. The van der Waals surface area contributed by atoms with E-state index in [-0.39, 0.29) is 16.5 Å². The quantitative estimate of drug-likeness (QED) is 0.0544. The molecular formula is C35H27Cl2N3O4S2. The first-order chi connectivity index (χ1) is 22.2. The number of amides is 1. The second-order valence-electron chi connectivity index (χ2n) is 10.7. The number of aliphatic hydroxyl groups is 1. The van der Waals surface area contributed by atoms with Crippen LogP contribution < -0.4 is 9.64 Å². The molecule has 0 spiro atoms. The van der Waals surface area contributed by atoms with E-state index in [9.17, 15) is 14.7 Å². The van der Waals surface area contributed by atoms with Crippen LogP contribution in [-0.2, 0) is 21.9 Å². The number of aryl methyl sites for hydroxylation is 2. The Morgan fingerprint density at radius 3 is 2.39 bits per heavy atom. The second kappa shape index (κ2) is 13.7. The standard InChI is InChI=1S/C35H27Cl2N3O4S2/c1-20-7-9-22(10-8-20)30-29(31(41)23-12-15-27(16-13-23)44-18-24-6-4-3-5-21(24)2)32(42)33(43)40(30)34-38-39-35(46-34)45-19-25-11-14-26(36)17-28(25)37/h3-17,30,41H,18-19H2,1-2H3/b31-29+. The topological polar surface area (TPSA) is 92.6 Å². The number of anilines is 1. The fraction of sp³-hybridized carbons (Fsp3) is 0.143. The number of carbonyl (C=O) groups excluding carboxylic acids is 2. The van der Waals surface area contributed by atoms with Crippen molar-refractivity contribution in [3.8, 4) is 5.75 Å². The van der Waals surface area contributed by atoms with Gasteiger partial charge in [-0.3, -0.25) is 14.5 Å². The van der Waals surface area contributed by atoms with Crippen molar-refractivity contribution in [3.63, 3.8) is 0 Å².